The molecule has 0 unspecified atom stereocenters. The number of ether oxygens (including phenoxy) is 3. The second-order valence-corrected chi connectivity index (χ2v) is 8.48. The number of benzene rings is 3. The molecule has 0 fully saturated rings. The first-order valence-electron chi connectivity index (χ1n) is 11.8. The summed E-state index contributed by atoms with van der Waals surface area (Å²) in [5.41, 5.74) is 2.03. The molecular weight excluding hydrogens is 487 g/mol. The van der Waals surface area contributed by atoms with Crippen molar-refractivity contribution in [2.75, 3.05) is 19.5 Å². The molecule has 0 amide bonds. The minimum atomic E-state index is -0.624. The lowest BCUT2D eigenvalue weighted by atomic mass is 10.1. The van der Waals surface area contributed by atoms with E-state index in [0.29, 0.717) is 46.2 Å². The fourth-order valence-corrected chi connectivity index (χ4v) is 4.09. The van der Waals surface area contributed by atoms with Gasteiger partial charge < -0.3 is 19.5 Å². The van der Waals surface area contributed by atoms with E-state index in [9.17, 15) is 4.79 Å². The Bertz CT molecular complexity index is 1670. The number of halogens is 1. The van der Waals surface area contributed by atoms with E-state index >= 15 is 4.39 Å². The van der Waals surface area contributed by atoms with Gasteiger partial charge in [0.25, 0.3) is 5.56 Å². The molecule has 2 heterocycles. The van der Waals surface area contributed by atoms with Crippen LogP contribution in [0.5, 0.6) is 23.0 Å². The molecule has 9 heteroatoms. The average Bonchev–Trinajstić information content (AvgIpc) is 2.95. The molecule has 2 aromatic heterocycles. The number of fused-ring (bicyclic) bond motifs is 1. The van der Waals surface area contributed by atoms with E-state index in [1.807, 2.05) is 30.3 Å². The van der Waals surface area contributed by atoms with Crippen molar-refractivity contribution >= 4 is 16.9 Å². The smallest absolute Gasteiger partial charge is 0.262 e. The van der Waals surface area contributed by atoms with Crippen LogP contribution in [0.3, 0.4) is 0 Å². The maximum atomic E-state index is 15.2. The van der Waals surface area contributed by atoms with Crippen molar-refractivity contribution in [1.82, 2.24) is 14.5 Å². The summed E-state index contributed by atoms with van der Waals surface area (Å²) in [4.78, 5) is 21.8. The lowest BCUT2D eigenvalue weighted by Crippen LogP contribution is -2.23. The van der Waals surface area contributed by atoms with Gasteiger partial charge in [0, 0.05) is 37.4 Å². The van der Waals surface area contributed by atoms with E-state index in [-0.39, 0.29) is 16.9 Å². The van der Waals surface area contributed by atoms with Gasteiger partial charge in [-0.3, -0.25) is 14.3 Å². The normalized spacial score (nSPS) is 10.8. The van der Waals surface area contributed by atoms with Gasteiger partial charge in [0.05, 0.1) is 25.3 Å². The predicted octanol–water partition coefficient (Wildman–Crippen LogP) is 5.56. The number of nitrogens with zero attached hydrogens (tertiary/aromatic N) is 3. The topological polar surface area (TPSA) is 87.5 Å². The van der Waals surface area contributed by atoms with Crippen LogP contribution in [0.15, 0.2) is 83.9 Å². The van der Waals surface area contributed by atoms with E-state index in [0.717, 1.165) is 5.56 Å². The van der Waals surface area contributed by atoms with Crippen LogP contribution >= 0.6 is 0 Å². The van der Waals surface area contributed by atoms with Crippen LogP contribution in [0.2, 0.25) is 0 Å². The minimum Gasteiger partial charge on any atom is -0.493 e. The van der Waals surface area contributed by atoms with E-state index in [1.54, 1.807) is 44.6 Å². The van der Waals surface area contributed by atoms with Crippen molar-refractivity contribution in [1.29, 1.82) is 0 Å². The molecule has 1 N–H and O–H groups in total. The van der Waals surface area contributed by atoms with Gasteiger partial charge in [0.15, 0.2) is 23.1 Å². The van der Waals surface area contributed by atoms with Crippen LogP contribution in [0.4, 0.5) is 10.3 Å². The molecule has 0 aliphatic carbocycles. The summed E-state index contributed by atoms with van der Waals surface area (Å²) < 4.78 is 33.2. The molecule has 0 saturated heterocycles. The summed E-state index contributed by atoms with van der Waals surface area (Å²) in [5.74, 6) is 1.22. The van der Waals surface area contributed by atoms with E-state index < -0.39 is 5.82 Å². The first kappa shape index (κ1) is 24.8. The van der Waals surface area contributed by atoms with Crippen LogP contribution in [-0.4, -0.2) is 28.8 Å². The molecule has 8 nitrogen and oxygen atoms in total. The Balaban J connectivity index is 1.41. The van der Waals surface area contributed by atoms with Crippen molar-refractivity contribution in [3.8, 4) is 34.1 Å². The quantitative estimate of drug-likeness (QED) is 0.291. The second kappa shape index (κ2) is 10.6. The van der Waals surface area contributed by atoms with Crippen LogP contribution in [0, 0.1) is 5.82 Å². The largest absolute Gasteiger partial charge is 0.493 e. The highest BCUT2D eigenvalue weighted by molar-refractivity contribution is 5.88. The van der Waals surface area contributed by atoms with Gasteiger partial charge in [-0.25, -0.2) is 9.37 Å². The number of rotatable bonds is 8. The lowest BCUT2D eigenvalue weighted by molar-refractivity contribution is 0.355. The van der Waals surface area contributed by atoms with Crippen LogP contribution in [0.25, 0.3) is 22.0 Å². The SMILES string of the molecule is COc1cc2nccc(Oc3ccc(-c4cnc(NCc5ccccc5)n(C)c4=O)cc3F)c2cc1OC. The number of aromatic nitrogens is 3. The molecule has 0 aliphatic rings. The highest BCUT2D eigenvalue weighted by atomic mass is 19.1. The van der Waals surface area contributed by atoms with Gasteiger partial charge >= 0.3 is 0 Å². The number of anilines is 1. The summed E-state index contributed by atoms with van der Waals surface area (Å²) in [7, 11) is 4.69. The fourth-order valence-electron chi connectivity index (χ4n) is 4.09. The zero-order valence-electron chi connectivity index (χ0n) is 21.1. The number of pyridine rings is 1. The molecule has 0 saturated carbocycles. The standard InChI is InChI=1S/C29H25FN4O4/c1-34-28(35)21(17-33-29(34)32-16-18-7-5-4-6-8-18)19-9-10-25(22(30)13-19)38-24-11-12-31-23-15-27(37-3)26(36-2)14-20(23)24/h4-15,17H,16H2,1-3H3,(H,32,33). The third-order valence-corrected chi connectivity index (χ3v) is 6.13. The summed E-state index contributed by atoms with van der Waals surface area (Å²) in [6.45, 7) is 0.517. The second-order valence-electron chi connectivity index (χ2n) is 8.48. The molecule has 0 bridgehead atoms. The first-order valence-corrected chi connectivity index (χ1v) is 11.8. The molecular formula is C29H25FN4O4. The van der Waals surface area contributed by atoms with Crippen molar-refractivity contribution in [3.63, 3.8) is 0 Å². The van der Waals surface area contributed by atoms with E-state index in [2.05, 4.69) is 15.3 Å². The number of hydrogen-bond donors (Lipinski definition) is 1. The molecule has 0 radical (unpaired) electrons. The summed E-state index contributed by atoms with van der Waals surface area (Å²) in [6, 6.07) is 19.3. The molecule has 192 valence electrons. The zero-order valence-corrected chi connectivity index (χ0v) is 21.1. The Morgan fingerprint density at radius 3 is 2.39 bits per heavy atom. The van der Waals surface area contributed by atoms with Crippen molar-refractivity contribution < 1.29 is 18.6 Å². The number of hydrogen-bond acceptors (Lipinski definition) is 7. The Morgan fingerprint density at radius 2 is 1.66 bits per heavy atom. The highest BCUT2D eigenvalue weighted by Crippen LogP contribution is 2.37. The van der Waals surface area contributed by atoms with Gasteiger partial charge in [-0.2, -0.15) is 0 Å². The fraction of sp³-hybridized carbons (Fsp3) is 0.138. The Kier molecular flexibility index (Phi) is 6.90. The monoisotopic (exact) mass is 512 g/mol. The predicted molar refractivity (Wildman–Crippen MR) is 144 cm³/mol. The number of nitrogens with one attached hydrogen (secondary N) is 1. The maximum Gasteiger partial charge on any atom is 0.262 e. The highest BCUT2D eigenvalue weighted by Gasteiger charge is 2.15. The average molecular weight is 513 g/mol. The molecule has 0 atom stereocenters. The van der Waals surface area contributed by atoms with Crippen molar-refractivity contribution in [2.24, 2.45) is 7.05 Å². The van der Waals surface area contributed by atoms with Gasteiger partial charge in [0.2, 0.25) is 5.95 Å². The maximum absolute atomic E-state index is 15.2. The van der Waals surface area contributed by atoms with Gasteiger partial charge in [-0.1, -0.05) is 36.4 Å². The summed E-state index contributed by atoms with van der Waals surface area (Å²) >= 11 is 0. The molecule has 5 rings (SSSR count). The van der Waals surface area contributed by atoms with Gasteiger partial charge in [-0.05, 0) is 35.4 Å². The third kappa shape index (κ3) is 4.86. The zero-order chi connectivity index (χ0) is 26.6. The lowest BCUT2D eigenvalue weighted by Gasteiger charge is -2.14. The first-order chi connectivity index (χ1) is 18.5. The summed E-state index contributed by atoms with van der Waals surface area (Å²) in [5, 5.41) is 3.79. The van der Waals surface area contributed by atoms with Crippen molar-refractivity contribution in [2.45, 2.75) is 6.54 Å². The Hall–Kier alpha value is -4.92. The van der Waals surface area contributed by atoms with Crippen molar-refractivity contribution in [3.05, 3.63) is 101 Å². The molecule has 38 heavy (non-hydrogen) atoms. The van der Waals surface area contributed by atoms with Gasteiger partial charge in [-0.15, -0.1) is 0 Å². The van der Waals surface area contributed by atoms with Crippen LogP contribution in [-0.2, 0) is 13.6 Å². The Labute approximate surface area is 218 Å². The van der Waals surface area contributed by atoms with E-state index in [4.69, 9.17) is 14.2 Å². The van der Waals surface area contributed by atoms with Gasteiger partial charge in [0.1, 0.15) is 5.75 Å². The minimum absolute atomic E-state index is 0.00182. The third-order valence-electron chi connectivity index (χ3n) is 6.13. The summed E-state index contributed by atoms with van der Waals surface area (Å²) in [6.07, 6.45) is 3.01. The van der Waals surface area contributed by atoms with E-state index in [1.165, 1.54) is 30.0 Å². The number of methoxy groups -OCH3 is 2. The molecule has 5 aromatic rings. The Morgan fingerprint density at radius 1 is 0.895 bits per heavy atom. The van der Waals surface area contributed by atoms with Crippen LogP contribution in [0.1, 0.15) is 5.56 Å². The molecule has 0 aliphatic heterocycles. The van der Waals surface area contributed by atoms with Crippen LogP contribution < -0.4 is 25.1 Å². The molecule has 3 aromatic carbocycles. The molecule has 0 spiro atoms.